The van der Waals surface area contributed by atoms with Crippen LogP contribution in [0, 0.1) is 0 Å². The van der Waals surface area contributed by atoms with Crippen LogP contribution in [0.15, 0.2) is 0 Å². The second-order valence-corrected chi connectivity index (χ2v) is 9.09. The van der Waals surface area contributed by atoms with E-state index < -0.39 is 0 Å². The molecule has 0 bridgehead atoms. The summed E-state index contributed by atoms with van der Waals surface area (Å²) < 4.78 is 0. The molecule has 0 aromatic carbocycles. The summed E-state index contributed by atoms with van der Waals surface area (Å²) in [7, 11) is 0. The van der Waals surface area contributed by atoms with Gasteiger partial charge in [0.15, 0.2) is 0 Å². The van der Waals surface area contributed by atoms with Gasteiger partial charge >= 0.3 is 0 Å². The molecular formula is C17H24N4S2. The zero-order valence-electron chi connectivity index (χ0n) is 13.9. The molecule has 1 atom stereocenters. The summed E-state index contributed by atoms with van der Waals surface area (Å²) >= 11 is 3.74. The molecule has 0 N–H and O–H groups in total. The minimum Gasteiger partial charge on any atom is -0.346 e. The van der Waals surface area contributed by atoms with Gasteiger partial charge in [0.05, 0.1) is 10.7 Å². The molecule has 0 saturated carbocycles. The van der Waals surface area contributed by atoms with E-state index in [9.17, 15) is 0 Å². The monoisotopic (exact) mass is 348 g/mol. The zero-order chi connectivity index (χ0) is 15.8. The molecule has 0 spiro atoms. The summed E-state index contributed by atoms with van der Waals surface area (Å²) in [5.41, 5.74) is 1.39. The maximum atomic E-state index is 5.00. The predicted octanol–water partition coefficient (Wildman–Crippen LogP) is 4.38. The van der Waals surface area contributed by atoms with Crippen molar-refractivity contribution in [3.05, 3.63) is 20.6 Å². The number of rotatable bonds is 3. The number of hydrogen-bond donors (Lipinski definition) is 0. The Balaban J connectivity index is 1.51. The van der Waals surface area contributed by atoms with Gasteiger partial charge in [-0.2, -0.15) is 0 Å². The summed E-state index contributed by atoms with van der Waals surface area (Å²) in [6.45, 7) is 6.53. The van der Waals surface area contributed by atoms with Crippen LogP contribution in [0.5, 0.6) is 0 Å². The Morgan fingerprint density at radius 3 is 2.74 bits per heavy atom. The van der Waals surface area contributed by atoms with Gasteiger partial charge in [-0.05, 0) is 38.5 Å². The van der Waals surface area contributed by atoms with Crippen LogP contribution in [0.2, 0.25) is 0 Å². The van der Waals surface area contributed by atoms with Gasteiger partial charge in [0, 0.05) is 29.8 Å². The maximum Gasteiger partial charge on any atom is 0.208 e. The second-order valence-electron chi connectivity index (χ2n) is 6.99. The van der Waals surface area contributed by atoms with Crippen LogP contribution in [-0.2, 0) is 12.8 Å². The molecule has 6 heteroatoms. The Morgan fingerprint density at radius 2 is 1.96 bits per heavy atom. The van der Waals surface area contributed by atoms with Gasteiger partial charge in [-0.3, -0.25) is 0 Å². The lowest BCUT2D eigenvalue weighted by molar-refractivity contribution is 0.506. The van der Waals surface area contributed by atoms with Gasteiger partial charge < -0.3 is 4.90 Å². The number of piperidine rings is 1. The number of fused-ring (bicyclic) bond motifs is 1. The molecule has 1 aliphatic carbocycles. The lowest BCUT2D eigenvalue weighted by Crippen LogP contribution is -2.34. The molecule has 1 saturated heterocycles. The van der Waals surface area contributed by atoms with Crippen molar-refractivity contribution in [2.24, 2.45) is 0 Å². The SMILES string of the molecule is CC(C)c1nnc(N2CCCC(c3nc4c(s3)CCCC4)C2)s1. The van der Waals surface area contributed by atoms with E-state index >= 15 is 0 Å². The molecule has 2 aliphatic rings. The highest BCUT2D eigenvalue weighted by Crippen LogP contribution is 2.36. The lowest BCUT2D eigenvalue weighted by Gasteiger charge is -2.31. The molecule has 23 heavy (non-hydrogen) atoms. The maximum absolute atomic E-state index is 5.00. The van der Waals surface area contributed by atoms with E-state index in [0.717, 1.165) is 23.2 Å². The molecule has 2 aromatic rings. The van der Waals surface area contributed by atoms with Crippen LogP contribution in [-0.4, -0.2) is 28.3 Å². The topological polar surface area (TPSA) is 41.9 Å². The van der Waals surface area contributed by atoms with Crippen LogP contribution in [0.4, 0.5) is 5.13 Å². The van der Waals surface area contributed by atoms with Crippen LogP contribution in [0.3, 0.4) is 0 Å². The normalized spacial score (nSPS) is 21.7. The van der Waals surface area contributed by atoms with E-state index in [4.69, 9.17) is 4.98 Å². The molecule has 0 amide bonds. The first-order chi connectivity index (χ1) is 11.2. The summed E-state index contributed by atoms with van der Waals surface area (Å²) in [6, 6.07) is 0. The van der Waals surface area contributed by atoms with Crippen LogP contribution >= 0.6 is 22.7 Å². The third kappa shape index (κ3) is 3.15. The Morgan fingerprint density at radius 1 is 1.09 bits per heavy atom. The van der Waals surface area contributed by atoms with E-state index in [0.29, 0.717) is 11.8 Å². The van der Waals surface area contributed by atoms with Gasteiger partial charge in [-0.25, -0.2) is 4.98 Å². The predicted molar refractivity (Wildman–Crippen MR) is 96.9 cm³/mol. The van der Waals surface area contributed by atoms with E-state index in [1.54, 1.807) is 16.2 Å². The van der Waals surface area contributed by atoms with Crippen molar-refractivity contribution in [2.45, 2.75) is 64.2 Å². The van der Waals surface area contributed by atoms with Crippen molar-refractivity contribution in [3.63, 3.8) is 0 Å². The number of hydrogen-bond acceptors (Lipinski definition) is 6. The number of nitrogens with zero attached hydrogens (tertiary/aromatic N) is 4. The Labute approximate surface area is 146 Å². The molecule has 1 fully saturated rings. The van der Waals surface area contributed by atoms with Crippen molar-refractivity contribution < 1.29 is 0 Å². The second kappa shape index (κ2) is 6.48. The minimum absolute atomic E-state index is 0.465. The third-order valence-electron chi connectivity index (χ3n) is 4.83. The smallest absolute Gasteiger partial charge is 0.208 e. The standard InChI is InChI=1S/C17H24N4S2/c1-11(2)15-19-20-17(23-15)21-9-5-6-12(10-21)16-18-13-7-3-4-8-14(13)22-16/h11-12H,3-10H2,1-2H3. The molecule has 1 unspecified atom stereocenters. The Hall–Kier alpha value is -1.01. The molecule has 4 rings (SSSR count). The van der Waals surface area contributed by atoms with Crippen molar-refractivity contribution in [3.8, 4) is 0 Å². The van der Waals surface area contributed by atoms with Crippen LogP contribution in [0.1, 0.15) is 72.0 Å². The summed E-state index contributed by atoms with van der Waals surface area (Å²) in [6.07, 6.45) is 7.59. The zero-order valence-corrected chi connectivity index (χ0v) is 15.5. The summed E-state index contributed by atoms with van der Waals surface area (Å²) in [5, 5.41) is 12.4. The highest BCUT2D eigenvalue weighted by molar-refractivity contribution is 7.15. The van der Waals surface area contributed by atoms with Gasteiger partial charge in [-0.1, -0.05) is 25.2 Å². The first-order valence-electron chi connectivity index (χ1n) is 8.77. The van der Waals surface area contributed by atoms with Gasteiger partial charge in [-0.15, -0.1) is 21.5 Å². The highest BCUT2D eigenvalue weighted by Gasteiger charge is 2.27. The number of aromatic nitrogens is 3. The van der Waals surface area contributed by atoms with E-state index in [1.807, 2.05) is 11.3 Å². The van der Waals surface area contributed by atoms with E-state index in [1.165, 1.54) is 49.2 Å². The molecule has 4 nitrogen and oxygen atoms in total. The van der Waals surface area contributed by atoms with E-state index in [2.05, 4.69) is 28.9 Å². The molecule has 2 aromatic heterocycles. The van der Waals surface area contributed by atoms with Gasteiger partial charge in [0.2, 0.25) is 5.13 Å². The molecule has 124 valence electrons. The fraction of sp³-hybridized carbons (Fsp3) is 0.706. The van der Waals surface area contributed by atoms with Crippen molar-refractivity contribution >= 4 is 27.8 Å². The third-order valence-corrected chi connectivity index (χ3v) is 7.43. The van der Waals surface area contributed by atoms with Crippen molar-refractivity contribution in [2.75, 3.05) is 18.0 Å². The van der Waals surface area contributed by atoms with Gasteiger partial charge in [0.25, 0.3) is 0 Å². The lowest BCUT2D eigenvalue weighted by atomic mass is 9.99. The fourth-order valence-corrected chi connectivity index (χ4v) is 5.65. The molecular weight excluding hydrogens is 324 g/mol. The molecule has 1 aliphatic heterocycles. The Bertz CT molecular complexity index is 652. The van der Waals surface area contributed by atoms with E-state index in [-0.39, 0.29) is 0 Å². The number of aryl methyl sites for hydroxylation is 2. The highest BCUT2D eigenvalue weighted by atomic mass is 32.1. The molecule has 3 heterocycles. The van der Waals surface area contributed by atoms with Crippen molar-refractivity contribution in [1.29, 1.82) is 0 Å². The van der Waals surface area contributed by atoms with Crippen LogP contribution < -0.4 is 4.90 Å². The first kappa shape index (κ1) is 15.5. The largest absolute Gasteiger partial charge is 0.346 e. The summed E-state index contributed by atoms with van der Waals surface area (Å²) in [4.78, 5) is 8.98. The average Bonchev–Trinajstić information content (AvgIpc) is 3.22. The van der Waals surface area contributed by atoms with Crippen LogP contribution in [0.25, 0.3) is 0 Å². The average molecular weight is 349 g/mol. The quantitative estimate of drug-likeness (QED) is 0.825. The minimum atomic E-state index is 0.465. The summed E-state index contributed by atoms with van der Waals surface area (Å²) in [5.74, 6) is 1.04. The van der Waals surface area contributed by atoms with Gasteiger partial charge in [0.1, 0.15) is 5.01 Å². The molecule has 0 radical (unpaired) electrons. The number of anilines is 1. The first-order valence-corrected chi connectivity index (χ1v) is 10.4. The van der Waals surface area contributed by atoms with Crippen molar-refractivity contribution in [1.82, 2.24) is 15.2 Å². The number of thiazole rings is 1. The Kier molecular flexibility index (Phi) is 4.37. The fourth-order valence-electron chi connectivity index (χ4n) is 3.49.